The van der Waals surface area contributed by atoms with E-state index in [0.717, 1.165) is 19.3 Å². The Hall–Kier alpha value is -0.640. The lowest BCUT2D eigenvalue weighted by Gasteiger charge is -2.25. The molecule has 1 aliphatic carbocycles. The Morgan fingerprint density at radius 1 is 1.58 bits per heavy atom. The summed E-state index contributed by atoms with van der Waals surface area (Å²) in [5.41, 5.74) is 0. The highest BCUT2D eigenvalue weighted by atomic mass is 16.6. The van der Waals surface area contributed by atoms with Crippen molar-refractivity contribution < 1.29 is 10.0 Å². The molecule has 1 aliphatic rings. The van der Waals surface area contributed by atoms with E-state index < -0.39 is 6.04 Å². The first-order valence-electron chi connectivity index (χ1n) is 4.43. The predicted octanol–water partition coefficient (Wildman–Crippen LogP) is 1.20. The lowest BCUT2D eigenvalue weighted by atomic mass is 9.83. The van der Waals surface area contributed by atoms with Gasteiger partial charge in [0.2, 0.25) is 6.04 Å². The van der Waals surface area contributed by atoms with E-state index in [-0.39, 0.29) is 16.9 Å². The van der Waals surface area contributed by atoms with Crippen LogP contribution in [0.25, 0.3) is 0 Å². The Bertz CT molecular complexity index is 172. The molecule has 0 heterocycles. The second-order valence-electron chi connectivity index (χ2n) is 3.61. The smallest absolute Gasteiger partial charge is 0.213 e. The summed E-state index contributed by atoms with van der Waals surface area (Å²) in [5, 5.41) is 19.7. The molecule has 1 saturated carbocycles. The monoisotopic (exact) mass is 173 g/mol. The van der Waals surface area contributed by atoms with Crippen LogP contribution in [0.5, 0.6) is 0 Å². The van der Waals surface area contributed by atoms with Crippen molar-refractivity contribution in [3.8, 4) is 0 Å². The fourth-order valence-electron chi connectivity index (χ4n) is 1.81. The molecule has 0 aromatic carbocycles. The maximum atomic E-state index is 10.4. The molecule has 1 rings (SSSR count). The van der Waals surface area contributed by atoms with Crippen molar-refractivity contribution in [3.05, 3.63) is 10.1 Å². The molecule has 4 nitrogen and oxygen atoms in total. The van der Waals surface area contributed by atoms with Crippen LogP contribution < -0.4 is 0 Å². The van der Waals surface area contributed by atoms with Crippen molar-refractivity contribution in [2.24, 2.45) is 5.92 Å². The van der Waals surface area contributed by atoms with E-state index in [4.69, 9.17) is 0 Å². The van der Waals surface area contributed by atoms with Crippen molar-refractivity contribution in [1.29, 1.82) is 0 Å². The molecule has 0 aliphatic heterocycles. The molecule has 1 fully saturated rings. The van der Waals surface area contributed by atoms with Gasteiger partial charge in [-0.05, 0) is 19.3 Å². The molecule has 70 valence electrons. The normalized spacial score (nSPS) is 32.8. The Kier molecular flexibility index (Phi) is 3.03. The Labute approximate surface area is 71.7 Å². The van der Waals surface area contributed by atoms with Crippen molar-refractivity contribution in [1.82, 2.24) is 0 Å². The van der Waals surface area contributed by atoms with Crippen LogP contribution in [-0.2, 0) is 0 Å². The van der Waals surface area contributed by atoms with Crippen LogP contribution in [0.2, 0.25) is 0 Å². The number of hydrogen-bond donors (Lipinski definition) is 1. The van der Waals surface area contributed by atoms with Gasteiger partial charge in [-0.2, -0.15) is 0 Å². The molecule has 0 bridgehead atoms. The predicted molar refractivity (Wildman–Crippen MR) is 44.4 cm³/mol. The molecule has 1 unspecified atom stereocenters. The molecule has 0 radical (unpaired) electrons. The van der Waals surface area contributed by atoms with Crippen LogP contribution in [0.1, 0.15) is 32.6 Å². The Morgan fingerprint density at radius 2 is 2.25 bits per heavy atom. The van der Waals surface area contributed by atoms with Gasteiger partial charge in [-0.1, -0.05) is 6.42 Å². The van der Waals surface area contributed by atoms with E-state index in [9.17, 15) is 15.2 Å². The number of rotatable bonds is 2. The first kappa shape index (κ1) is 9.45. The molecule has 0 aromatic rings. The second kappa shape index (κ2) is 3.85. The standard InChI is InChI=1S/C8H15NO3/c1-6(9(11)12)7-3-2-4-8(10)5-7/h6-8,10H,2-5H2,1H3/t6?,7-,8-/m1/s1. The Morgan fingerprint density at radius 3 is 2.75 bits per heavy atom. The van der Waals surface area contributed by atoms with Gasteiger partial charge in [0, 0.05) is 17.8 Å². The lowest BCUT2D eigenvalue weighted by molar-refractivity contribution is -0.529. The number of nitrogens with zero attached hydrogens (tertiary/aromatic N) is 1. The first-order valence-corrected chi connectivity index (χ1v) is 4.43. The van der Waals surface area contributed by atoms with Gasteiger partial charge >= 0.3 is 0 Å². The van der Waals surface area contributed by atoms with E-state index in [0.29, 0.717) is 6.42 Å². The van der Waals surface area contributed by atoms with Gasteiger partial charge in [0.15, 0.2) is 0 Å². The summed E-state index contributed by atoms with van der Waals surface area (Å²) in [6.07, 6.45) is 2.90. The first-order chi connectivity index (χ1) is 5.61. The average molecular weight is 173 g/mol. The summed E-state index contributed by atoms with van der Waals surface area (Å²) < 4.78 is 0. The van der Waals surface area contributed by atoms with Gasteiger partial charge in [0.1, 0.15) is 0 Å². The zero-order chi connectivity index (χ0) is 9.14. The number of aliphatic hydroxyl groups is 1. The number of aliphatic hydroxyl groups excluding tert-OH is 1. The molecule has 0 amide bonds. The molecular formula is C8H15NO3. The average Bonchev–Trinajstić information content (AvgIpc) is 2.03. The maximum absolute atomic E-state index is 10.4. The van der Waals surface area contributed by atoms with E-state index in [1.54, 1.807) is 6.92 Å². The van der Waals surface area contributed by atoms with Crippen LogP contribution in [0.4, 0.5) is 0 Å². The van der Waals surface area contributed by atoms with E-state index in [1.165, 1.54) is 0 Å². The SMILES string of the molecule is CC([C@@H]1CCC[C@@H](O)C1)[N+](=O)[O-]. The summed E-state index contributed by atoms with van der Waals surface area (Å²) in [6.45, 7) is 1.63. The van der Waals surface area contributed by atoms with Crippen molar-refractivity contribution in [3.63, 3.8) is 0 Å². The maximum Gasteiger partial charge on any atom is 0.213 e. The fraction of sp³-hybridized carbons (Fsp3) is 1.00. The highest BCUT2D eigenvalue weighted by Gasteiger charge is 2.31. The third-order valence-corrected chi connectivity index (χ3v) is 2.70. The van der Waals surface area contributed by atoms with Crippen molar-refractivity contribution >= 4 is 0 Å². The summed E-state index contributed by atoms with van der Waals surface area (Å²) in [5.74, 6) is 0.0729. The van der Waals surface area contributed by atoms with Gasteiger partial charge in [-0.25, -0.2) is 0 Å². The van der Waals surface area contributed by atoms with Crippen LogP contribution in [0.3, 0.4) is 0 Å². The summed E-state index contributed by atoms with van der Waals surface area (Å²) >= 11 is 0. The third kappa shape index (κ3) is 2.17. The van der Waals surface area contributed by atoms with Crippen molar-refractivity contribution in [2.45, 2.75) is 44.8 Å². The molecule has 1 N–H and O–H groups in total. The lowest BCUT2D eigenvalue weighted by Crippen LogP contribution is -2.32. The zero-order valence-electron chi connectivity index (χ0n) is 7.27. The van der Waals surface area contributed by atoms with Crippen LogP contribution in [-0.4, -0.2) is 22.2 Å². The molecule has 3 atom stereocenters. The minimum absolute atomic E-state index is 0.0729. The van der Waals surface area contributed by atoms with E-state index in [2.05, 4.69) is 0 Å². The van der Waals surface area contributed by atoms with E-state index >= 15 is 0 Å². The van der Waals surface area contributed by atoms with Gasteiger partial charge in [-0.15, -0.1) is 0 Å². The zero-order valence-corrected chi connectivity index (χ0v) is 7.27. The summed E-state index contributed by atoms with van der Waals surface area (Å²) in [7, 11) is 0. The molecular weight excluding hydrogens is 158 g/mol. The Balaban J connectivity index is 2.45. The number of nitro groups is 1. The van der Waals surface area contributed by atoms with E-state index in [1.807, 2.05) is 0 Å². The highest BCUT2D eigenvalue weighted by molar-refractivity contribution is 4.75. The molecule has 0 aromatic heterocycles. The quantitative estimate of drug-likeness (QED) is 0.504. The van der Waals surface area contributed by atoms with Crippen LogP contribution in [0, 0.1) is 16.0 Å². The fourth-order valence-corrected chi connectivity index (χ4v) is 1.81. The topological polar surface area (TPSA) is 63.4 Å². The molecule has 0 saturated heterocycles. The summed E-state index contributed by atoms with van der Waals surface area (Å²) in [4.78, 5) is 10.2. The molecule has 0 spiro atoms. The second-order valence-corrected chi connectivity index (χ2v) is 3.61. The minimum Gasteiger partial charge on any atom is -0.393 e. The molecule has 12 heavy (non-hydrogen) atoms. The highest BCUT2D eigenvalue weighted by Crippen LogP contribution is 2.27. The largest absolute Gasteiger partial charge is 0.393 e. The molecule has 4 heteroatoms. The summed E-state index contributed by atoms with van der Waals surface area (Å²) in [6, 6.07) is -0.500. The minimum atomic E-state index is -0.500. The van der Waals surface area contributed by atoms with Crippen molar-refractivity contribution in [2.75, 3.05) is 0 Å². The van der Waals surface area contributed by atoms with Gasteiger partial charge in [0.05, 0.1) is 6.10 Å². The van der Waals surface area contributed by atoms with Crippen LogP contribution in [0.15, 0.2) is 0 Å². The third-order valence-electron chi connectivity index (χ3n) is 2.70. The van der Waals surface area contributed by atoms with Gasteiger partial charge in [-0.3, -0.25) is 10.1 Å². The van der Waals surface area contributed by atoms with Gasteiger partial charge in [0.25, 0.3) is 0 Å². The van der Waals surface area contributed by atoms with Crippen LogP contribution >= 0.6 is 0 Å². The number of hydrogen-bond acceptors (Lipinski definition) is 3. The van der Waals surface area contributed by atoms with Gasteiger partial charge < -0.3 is 5.11 Å².